The molecule has 112 valence electrons. The summed E-state index contributed by atoms with van der Waals surface area (Å²) < 4.78 is 0. The zero-order valence-electron chi connectivity index (χ0n) is 12.3. The molecular weight excluding hydrogens is 321 g/mol. The fraction of sp³-hybridized carbons (Fsp3) is 0.188. The molecule has 1 heterocycles. The monoisotopic (exact) mass is 333 g/mol. The number of carbonyl (C=O) groups excluding carboxylic acids is 1. The van der Waals surface area contributed by atoms with Gasteiger partial charge < -0.3 is 0 Å². The summed E-state index contributed by atoms with van der Waals surface area (Å²) in [6, 6.07) is 8.70. The molecule has 2 aromatic rings. The van der Waals surface area contributed by atoms with Gasteiger partial charge in [0, 0.05) is 17.6 Å². The zero-order chi connectivity index (χ0) is 16.4. The molecule has 0 saturated heterocycles. The summed E-state index contributed by atoms with van der Waals surface area (Å²) in [6.07, 6.45) is 0. The van der Waals surface area contributed by atoms with Crippen LogP contribution in [0.3, 0.4) is 0 Å². The van der Waals surface area contributed by atoms with Crippen molar-refractivity contribution in [1.29, 1.82) is 5.26 Å². The van der Waals surface area contributed by atoms with Crippen LogP contribution in [0.2, 0.25) is 10.0 Å². The second-order valence-electron chi connectivity index (χ2n) is 4.84. The van der Waals surface area contributed by atoms with Crippen LogP contribution in [-0.4, -0.2) is 10.9 Å². The van der Waals surface area contributed by atoms with Gasteiger partial charge in [-0.1, -0.05) is 23.2 Å². The lowest BCUT2D eigenvalue weighted by Crippen LogP contribution is -2.25. The van der Waals surface area contributed by atoms with Crippen LogP contribution in [0, 0.1) is 25.2 Å². The largest absolute Gasteiger partial charge is 0.274 e. The quantitative estimate of drug-likeness (QED) is 0.809. The number of anilines is 2. The van der Waals surface area contributed by atoms with Crippen molar-refractivity contribution in [2.45, 2.75) is 20.8 Å². The summed E-state index contributed by atoms with van der Waals surface area (Å²) in [5.74, 6) is -0.0465. The second-order valence-corrected chi connectivity index (χ2v) is 5.68. The summed E-state index contributed by atoms with van der Waals surface area (Å²) in [5, 5.41) is 10.2. The van der Waals surface area contributed by atoms with Crippen molar-refractivity contribution in [1.82, 2.24) is 4.98 Å². The van der Waals surface area contributed by atoms with E-state index in [1.54, 1.807) is 38.1 Å². The molecule has 0 aliphatic carbocycles. The number of carbonyl (C=O) groups is 1. The van der Waals surface area contributed by atoms with Crippen molar-refractivity contribution in [3.05, 3.63) is 51.1 Å². The van der Waals surface area contributed by atoms with Crippen LogP contribution in [0.4, 0.5) is 11.5 Å². The van der Waals surface area contributed by atoms with Crippen LogP contribution in [-0.2, 0) is 4.79 Å². The van der Waals surface area contributed by atoms with Crippen molar-refractivity contribution < 1.29 is 4.79 Å². The van der Waals surface area contributed by atoms with Gasteiger partial charge in [0.2, 0.25) is 5.91 Å². The molecular formula is C16H13Cl2N3O. The predicted molar refractivity (Wildman–Crippen MR) is 87.7 cm³/mol. The molecule has 0 unspecified atom stereocenters. The van der Waals surface area contributed by atoms with Gasteiger partial charge in [0.1, 0.15) is 6.07 Å². The predicted octanol–water partition coefficient (Wildman–Crippen LogP) is 4.56. The first-order chi connectivity index (χ1) is 10.3. The molecule has 0 radical (unpaired) electrons. The summed E-state index contributed by atoms with van der Waals surface area (Å²) in [7, 11) is 0. The van der Waals surface area contributed by atoms with Gasteiger partial charge in [-0.05, 0) is 43.7 Å². The summed E-state index contributed by atoms with van der Waals surface area (Å²) in [6.45, 7) is 4.99. The van der Waals surface area contributed by atoms with E-state index in [4.69, 9.17) is 23.2 Å². The number of pyridine rings is 1. The van der Waals surface area contributed by atoms with E-state index in [0.29, 0.717) is 27.0 Å². The normalized spacial score (nSPS) is 10.2. The molecule has 0 atom stereocenters. The SMILES string of the molecule is CC(=O)N(c1cc(Cl)ccc1Cl)c1nc(C)cc(C)c1C#N. The molecule has 0 saturated carbocycles. The van der Waals surface area contributed by atoms with Gasteiger partial charge in [-0.25, -0.2) is 4.98 Å². The second kappa shape index (κ2) is 6.35. The topological polar surface area (TPSA) is 57.0 Å². The standard InChI is InChI=1S/C16H13Cl2N3O/c1-9-6-10(2)20-16(13(9)8-19)21(11(3)22)15-7-12(17)4-5-14(15)18/h4-7H,1-3H3. The Morgan fingerprint density at radius 2 is 1.95 bits per heavy atom. The van der Waals surface area contributed by atoms with Crippen LogP contribution in [0.1, 0.15) is 23.7 Å². The molecule has 0 aliphatic heterocycles. The first-order valence-electron chi connectivity index (χ1n) is 6.49. The van der Waals surface area contributed by atoms with Gasteiger partial charge in [0.25, 0.3) is 0 Å². The lowest BCUT2D eigenvalue weighted by Gasteiger charge is -2.23. The fourth-order valence-corrected chi connectivity index (χ4v) is 2.58. The van der Waals surface area contributed by atoms with E-state index in [0.717, 1.165) is 5.56 Å². The summed E-state index contributed by atoms with van der Waals surface area (Å²) >= 11 is 12.2. The maximum absolute atomic E-state index is 12.2. The van der Waals surface area contributed by atoms with Gasteiger partial charge in [0.05, 0.1) is 16.3 Å². The Morgan fingerprint density at radius 3 is 2.55 bits per heavy atom. The molecule has 1 aromatic carbocycles. The van der Waals surface area contributed by atoms with Gasteiger partial charge in [-0.15, -0.1) is 0 Å². The van der Waals surface area contributed by atoms with E-state index >= 15 is 0 Å². The highest BCUT2D eigenvalue weighted by molar-refractivity contribution is 6.36. The lowest BCUT2D eigenvalue weighted by atomic mass is 10.1. The molecule has 0 N–H and O–H groups in total. The Balaban J connectivity index is 2.77. The first-order valence-corrected chi connectivity index (χ1v) is 7.25. The van der Waals surface area contributed by atoms with Crippen molar-refractivity contribution in [2.75, 3.05) is 4.90 Å². The highest BCUT2D eigenvalue weighted by atomic mass is 35.5. The van der Waals surface area contributed by atoms with E-state index in [9.17, 15) is 10.1 Å². The third-order valence-corrected chi connectivity index (χ3v) is 3.67. The van der Waals surface area contributed by atoms with Gasteiger partial charge >= 0.3 is 0 Å². The fourth-order valence-electron chi connectivity index (χ4n) is 2.21. The Kier molecular flexibility index (Phi) is 4.70. The Morgan fingerprint density at radius 1 is 1.27 bits per heavy atom. The molecule has 6 heteroatoms. The molecule has 22 heavy (non-hydrogen) atoms. The van der Waals surface area contributed by atoms with Gasteiger partial charge in [-0.3, -0.25) is 9.69 Å². The van der Waals surface area contributed by atoms with E-state index in [1.165, 1.54) is 11.8 Å². The number of amides is 1. The van der Waals surface area contributed by atoms with Crippen molar-refractivity contribution in [3.63, 3.8) is 0 Å². The summed E-state index contributed by atoms with van der Waals surface area (Å²) in [5.41, 5.74) is 2.18. The average Bonchev–Trinajstić information content (AvgIpc) is 2.42. The number of rotatable bonds is 2. The highest BCUT2D eigenvalue weighted by Crippen LogP contribution is 2.35. The van der Waals surface area contributed by atoms with Crippen LogP contribution in [0.15, 0.2) is 24.3 Å². The molecule has 0 aliphatic rings. The van der Waals surface area contributed by atoms with Gasteiger partial charge in [-0.2, -0.15) is 5.26 Å². The molecule has 0 fully saturated rings. The molecule has 0 bridgehead atoms. The van der Waals surface area contributed by atoms with Crippen molar-refractivity contribution >= 4 is 40.6 Å². The van der Waals surface area contributed by atoms with E-state index in [2.05, 4.69) is 11.1 Å². The highest BCUT2D eigenvalue weighted by Gasteiger charge is 2.23. The number of halogens is 2. The third-order valence-electron chi connectivity index (χ3n) is 3.11. The van der Waals surface area contributed by atoms with Crippen LogP contribution in [0.5, 0.6) is 0 Å². The third kappa shape index (κ3) is 3.06. The number of nitrogens with zero attached hydrogens (tertiary/aromatic N) is 3. The average molecular weight is 334 g/mol. The number of nitriles is 1. The van der Waals surface area contributed by atoms with Crippen molar-refractivity contribution in [3.8, 4) is 6.07 Å². The Labute approximate surface area is 138 Å². The Bertz CT molecular complexity index is 797. The maximum atomic E-state index is 12.2. The van der Waals surface area contributed by atoms with E-state index < -0.39 is 0 Å². The maximum Gasteiger partial charge on any atom is 0.229 e. The van der Waals surface area contributed by atoms with E-state index in [-0.39, 0.29) is 11.7 Å². The number of hydrogen-bond donors (Lipinski definition) is 0. The minimum atomic E-state index is -0.307. The molecule has 4 nitrogen and oxygen atoms in total. The number of aryl methyl sites for hydroxylation is 2. The number of aromatic nitrogens is 1. The number of hydrogen-bond acceptors (Lipinski definition) is 3. The van der Waals surface area contributed by atoms with E-state index in [1.807, 2.05) is 0 Å². The number of benzene rings is 1. The lowest BCUT2D eigenvalue weighted by molar-refractivity contribution is -0.115. The first kappa shape index (κ1) is 16.3. The Hall–Kier alpha value is -2.09. The minimum absolute atomic E-state index is 0.261. The molecule has 1 amide bonds. The van der Waals surface area contributed by atoms with Crippen LogP contribution >= 0.6 is 23.2 Å². The summed E-state index contributed by atoms with van der Waals surface area (Å²) in [4.78, 5) is 17.8. The zero-order valence-corrected chi connectivity index (χ0v) is 13.8. The van der Waals surface area contributed by atoms with Gasteiger partial charge in [0.15, 0.2) is 5.82 Å². The van der Waals surface area contributed by atoms with Crippen LogP contribution in [0.25, 0.3) is 0 Å². The molecule has 1 aromatic heterocycles. The molecule has 2 rings (SSSR count). The van der Waals surface area contributed by atoms with Crippen LogP contribution < -0.4 is 4.90 Å². The smallest absolute Gasteiger partial charge is 0.229 e. The minimum Gasteiger partial charge on any atom is -0.274 e. The van der Waals surface area contributed by atoms with Crippen molar-refractivity contribution in [2.24, 2.45) is 0 Å². The molecule has 0 spiro atoms.